The Hall–Kier alpha value is -0.280. The molecular formula is C17H37ClN2O. The van der Waals surface area contributed by atoms with E-state index in [1.165, 1.54) is 38.5 Å². The molecule has 0 aromatic heterocycles. The maximum atomic E-state index is 8.51. The zero-order chi connectivity index (χ0) is 14.5. The molecule has 0 aromatic carbocycles. The van der Waals surface area contributed by atoms with Crippen molar-refractivity contribution in [2.75, 3.05) is 0 Å². The molecule has 1 atom stereocenters. The molecule has 2 aliphatic rings. The van der Waals surface area contributed by atoms with Gasteiger partial charge in [0.1, 0.15) is 0 Å². The number of halogens is 1. The van der Waals surface area contributed by atoms with Gasteiger partial charge in [0.15, 0.2) is 0 Å². The number of rotatable bonds is 0. The molecule has 0 aromatic rings. The summed E-state index contributed by atoms with van der Waals surface area (Å²) in [4.78, 5) is 0. The Morgan fingerprint density at radius 3 is 2.00 bits per heavy atom. The van der Waals surface area contributed by atoms with Gasteiger partial charge in [-0.3, -0.25) is 0 Å². The van der Waals surface area contributed by atoms with Crippen LogP contribution in [-0.2, 0) is 0 Å². The van der Waals surface area contributed by atoms with E-state index in [4.69, 9.17) is 10.9 Å². The predicted octanol–water partition coefficient (Wildman–Crippen LogP) is 5.39. The number of nitrogens with two attached hydrogens (primary N) is 1. The van der Waals surface area contributed by atoms with Crippen LogP contribution in [0.15, 0.2) is 5.16 Å². The van der Waals surface area contributed by atoms with Gasteiger partial charge in [-0.05, 0) is 55.8 Å². The van der Waals surface area contributed by atoms with E-state index in [9.17, 15) is 0 Å². The minimum atomic E-state index is 0. The first-order chi connectivity index (χ1) is 8.74. The third-order valence-corrected chi connectivity index (χ3v) is 4.39. The van der Waals surface area contributed by atoms with Gasteiger partial charge in [-0.15, -0.1) is 12.4 Å². The average molecular weight is 321 g/mol. The summed E-state index contributed by atoms with van der Waals surface area (Å²) < 4.78 is 0. The fourth-order valence-corrected chi connectivity index (χ4v) is 3.34. The van der Waals surface area contributed by atoms with Crippen molar-refractivity contribution in [1.82, 2.24) is 0 Å². The number of oxime groups is 1. The Morgan fingerprint density at radius 1 is 1.10 bits per heavy atom. The zero-order valence-corrected chi connectivity index (χ0v) is 14.4. The van der Waals surface area contributed by atoms with Crippen LogP contribution in [0.1, 0.15) is 86.5 Å². The van der Waals surface area contributed by atoms with E-state index in [1.54, 1.807) is 0 Å². The number of nitrogens with zero attached hydrogens (tertiary/aromatic N) is 1. The van der Waals surface area contributed by atoms with Crippen molar-refractivity contribution in [2.24, 2.45) is 21.7 Å². The van der Waals surface area contributed by atoms with Crippen molar-refractivity contribution in [3.63, 3.8) is 0 Å². The molecule has 3 N–H and O–H groups in total. The number of hydrogen-bond donors (Lipinski definition) is 2. The van der Waals surface area contributed by atoms with Gasteiger partial charge in [-0.1, -0.05) is 46.7 Å². The quantitative estimate of drug-likeness (QED) is 0.464. The highest BCUT2D eigenvalue weighted by Crippen LogP contribution is 2.34. The molecule has 0 heterocycles. The van der Waals surface area contributed by atoms with E-state index < -0.39 is 0 Å². The summed E-state index contributed by atoms with van der Waals surface area (Å²) in [5, 5.41) is 11.8. The molecule has 3 nitrogen and oxygen atoms in total. The second kappa shape index (κ2) is 9.68. The zero-order valence-electron chi connectivity index (χ0n) is 13.6. The minimum Gasteiger partial charge on any atom is -0.411 e. The molecule has 2 fully saturated rings. The summed E-state index contributed by atoms with van der Waals surface area (Å²) in [5.74, 6) is 0. The molecule has 128 valence electrons. The average Bonchev–Trinajstić information content (AvgIpc) is 2.26. The first-order valence-corrected chi connectivity index (χ1v) is 7.69. The first kappa shape index (κ1) is 23.0. The molecule has 21 heavy (non-hydrogen) atoms. The van der Waals surface area contributed by atoms with Gasteiger partial charge in [0.25, 0.3) is 0 Å². The molecule has 0 bridgehead atoms. The van der Waals surface area contributed by atoms with E-state index >= 15 is 0 Å². The van der Waals surface area contributed by atoms with Crippen LogP contribution in [0.2, 0.25) is 0 Å². The van der Waals surface area contributed by atoms with Crippen molar-refractivity contribution in [3.8, 4) is 0 Å². The monoisotopic (exact) mass is 320 g/mol. The molecule has 2 aliphatic carbocycles. The van der Waals surface area contributed by atoms with E-state index in [-0.39, 0.29) is 19.8 Å². The van der Waals surface area contributed by atoms with Crippen LogP contribution < -0.4 is 5.73 Å². The second-order valence-corrected chi connectivity index (χ2v) is 7.88. The third kappa shape index (κ3) is 9.36. The highest BCUT2D eigenvalue weighted by atomic mass is 35.5. The van der Waals surface area contributed by atoms with Gasteiger partial charge in [0.05, 0.1) is 5.71 Å². The smallest absolute Gasteiger partial charge is 0.0576 e. The summed E-state index contributed by atoms with van der Waals surface area (Å²) in [6, 6.07) is 0.480. The largest absolute Gasteiger partial charge is 0.411 e. The van der Waals surface area contributed by atoms with E-state index in [0.717, 1.165) is 18.6 Å². The maximum Gasteiger partial charge on any atom is 0.0576 e. The summed E-state index contributed by atoms with van der Waals surface area (Å²) >= 11 is 0. The third-order valence-electron chi connectivity index (χ3n) is 4.39. The number of hydrogen-bond acceptors (Lipinski definition) is 3. The van der Waals surface area contributed by atoms with E-state index in [1.807, 2.05) is 0 Å². The lowest BCUT2D eigenvalue weighted by Crippen LogP contribution is -2.32. The van der Waals surface area contributed by atoms with Crippen LogP contribution in [0.4, 0.5) is 0 Å². The summed E-state index contributed by atoms with van der Waals surface area (Å²) in [6.07, 6.45) is 9.52. The fraction of sp³-hybridized carbons (Fsp3) is 0.941. The topological polar surface area (TPSA) is 58.6 Å². The summed E-state index contributed by atoms with van der Waals surface area (Å²) in [6.45, 7) is 9.06. The van der Waals surface area contributed by atoms with Crippen molar-refractivity contribution < 1.29 is 5.21 Å². The van der Waals surface area contributed by atoms with Crippen LogP contribution in [0, 0.1) is 10.8 Å². The molecule has 2 saturated carbocycles. The Bertz CT molecular complexity index is 314. The van der Waals surface area contributed by atoms with Crippen LogP contribution >= 0.6 is 12.4 Å². The lowest BCUT2D eigenvalue weighted by atomic mass is 9.75. The van der Waals surface area contributed by atoms with Crippen molar-refractivity contribution in [2.45, 2.75) is 92.5 Å². The lowest BCUT2D eigenvalue weighted by Gasteiger charge is -2.33. The minimum absolute atomic E-state index is 0. The van der Waals surface area contributed by atoms with Crippen molar-refractivity contribution in [3.05, 3.63) is 0 Å². The van der Waals surface area contributed by atoms with Crippen LogP contribution in [0.5, 0.6) is 0 Å². The van der Waals surface area contributed by atoms with E-state index in [2.05, 4.69) is 32.9 Å². The Labute approximate surface area is 138 Å². The first-order valence-electron chi connectivity index (χ1n) is 7.69. The molecule has 0 aliphatic heterocycles. The standard InChI is InChI=1S/C8H15NO.C8H17N.CH4.ClH/c1-8(2)5-3-4-7(6-8)9-10;1-8(2)5-3-4-7(9)6-8;;/h10H,3-6H2,1-2H3;7H,3-6,9H2,1-2H3;1H4;1H/b9-7-;;;. The predicted molar refractivity (Wildman–Crippen MR) is 95.7 cm³/mol. The summed E-state index contributed by atoms with van der Waals surface area (Å²) in [7, 11) is 0. The molecule has 0 saturated heterocycles. The Kier molecular flexibility index (Phi) is 10.6. The van der Waals surface area contributed by atoms with Gasteiger partial charge in [0.2, 0.25) is 0 Å². The summed E-state index contributed by atoms with van der Waals surface area (Å²) in [5.41, 5.74) is 7.67. The van der Waals surface area contributed by atoms with Crippen LogP contribution in [0.25, 0.3) is 0 Å². The fourth-order valence-electron chi connectivity index (χ4n) is 3.34. The van der Waals surface area contributed by atoms with Crippen LogP contribution in [-0.4, -0.2) is 17.0 Å². The van der Waals surface area contributed by atoms with Gasteiger partial charge >= 0.3 is 0 Å². The van der Waals surface area contributed by atoms with Crippen molar-refractivity contribution >= 4 is 18.1 Å². The molecule has 1 unspecified atom stereocenters. The molecule has 4 heteroatoms. The van der Waals surface area contributed by atoms with Gasteiger partial charge in [-0.2, -0.15) is 0 Å². The van der Waals surface area contributed by atoms with Crippen molar-refractivity contribution in [1.29, 1.82) is 0 Å². The molecule has 0 radical (unpaired) electrons. The molecule has 2 rings (SSSR count). The maximum absolute atomic E-state index is 8.51. The molecule has 0 spiro atoms. The molecule has 0 amide bonds. The highest BCUT2D eigenvalue weighted by Gasteiger charge is 2.25. The van der Waals surface area contributed by atoms with Crippen LogP contribution in [0.3, 0.4) is 0 Å². The molecular weight excluding hydrogens is 284 g/mol. The van der Waals surface area contributed by atoms with Gasteiger partial charge in [0, 0.05) is 6.04 Å². The normalized spacial score (nSPS) is 28.4. The highest BCUT2D eigenvalue weighted by molar-refractivity contribution is 5.85. The SMILES string of the molecule is C.CC1(C)CCC/C(=N/O)C1.CC1(C)CCCC(N)C1.Cl. The Balaban J connectivity index is 0. The van der Waals surface area contributed by atoms with E-state index in [0.29, 0.717) is 16.9 Å². The van der Waals surface area contributed by atoms with Gasteiger partial charge in [-0.25, -0.2) is 0 Å². The lowest BCUT2D eigenvalue weighted by molar-refractivity contribution is 0.221. The Morgan fingerprint density at radius 2 is 1.67 bits per heavy atom. The van der Waals surface area contributed by atoms with Gasteiger partial charge < -0.3 is 10.9 Å². The second-order valence-electron chi connectivity index (χ2n) is 7.88.